The van der Waals surface area contributed by atoms with Gasteiger partial charge in [-0.2, -0.15) is 0 Å². The van der Waals surface area contributed by atoms with Gasteiger partial charge < -0.3 is 14.8 Å². The van der Waals surface area contributed by atoms with Gasteiger partial charge in [-0.3, -0.25) is 0 Å². The Labute approximate surface area is 133 Å². The van der Waals surface area contributed by atoms with Crippen LogP contribution in [-0.4, -0.2) is 20.8 Å². The van der Waals surface area contributed by atoms with Crippen molar-refractivity contribution in [2.75, 3.05) is 20.8 Å². The Bertz CT molecular complexity index is 569. The molecule has 2 rings (SSSR count). The van der Waals surface area contributed by atoms with Gasteiger partial charge in [0.15, 0.2) is 0 Å². The second-order valence-corrected chi connectivity index (χ2v) is 5.37. The van der Waals surface area contributed by atoms with Gasteiger partial charge in [0.1, 0.15) is 11.5 Å². The lowest BCUT2D eigenvalue weighted by molar-refractivity contribution is 0.391. The average molecular weight is 299 g/mol. The standard InChI is InChI=1S/C19H25NO2/c1-15(18-14-17(21-2)11-12-19(18)22-3)20-13-7-10-16-8-5-4-6-9-16/h4-6,8-9,11-12,14-15,20H,7,10,13H2,1-3H3/t15-/m0/s1. The fourth-order valence-electron chi connectivity index (χ4n) is 2.54. The first-order valence-corrected chi connectivity index (χ1v) is 7.74. The zero-order valence-corrected chi connectivity index (χ0v) is 13.6. The van der Waals surface area contributed by atoms with Crippen molar-refractivity contribution in [3.63, 3.8) is 0 Å². The molecule has 0 amide bonds. The third-order valence-corrected chi connectivity index (χ3v) is 3.84. The van der Waals surface area contributed by atoms with Crippen LogP contribution in [0.2, 0.25) is 0 Å². The number of rotatable bonds is 8. The molecule has 0 radical (unpaired) electrons. The van der Waals surface area contributed by atoms with Crippen molar-refractivity contribution >= 4 is 0 Å². The Balaban J connectivity index is 1.87. The van der Waals surface area contributed by atoms with E-state index in [1.165, 1.54) is 5.56 Å². The molecule has 2 aromatic rings. The zero-order valence-electron chi connectivity index (χ0n) is 13.6. The molecule has 0 saturated carbocycles. The fraction of sp³-hybridized carbons (Fsp3) is 0.368. The molecule has 0 heterocycles. The third kappa shape index (κ3) is 4.50. The van der Waals surface area contributed by atoms with E-state index in [9.17, 15) is 0 Å². The van der Waals surface area contributed by atoms with Crippen molar-refractivity contribution in [3.05, 3.63) is 59.7 Å². The molecule has 1 N–H and O–H groups in total. The number of hydrogen-bond donors (Lipinski definition) is 1. The number of hydrogen-bond acceptors (Lipinski definition) is 3. The van der Waals surface area contributed by atoms with E-state index in [0.29, 0.717) is 0 Å². The van der Waals surface area contributed by atoms with Crippen LogP contribution < -0.4 is 14.8 Å². The monoisotopic (exact) mass is 299 g/mol. The van der Waals surface area contributed by atoms with Crippen LogP contribution in [0.25, 0.3) is 0 Å². The molecule has 1 atom stereocenters. The summed E-state index contributed by atoms with van der Waals surface area (Å²) < 4.78 is 10.8. The van der Waals surface area contributed by atoms with Gasteiger partial charge in [-0.1, -0.05) is 30.3 Å². The summed E-state index contributed by atoms with van der Waals surface area (Å²) >= 11 is 0. The highest BCUT2D eigenvalue weighted by Crippen LogP contribution is 2.29. The van der Waals surface area contributed by atoms with E-state index in [0.717, 1.165) is 36.4 Å². The summed E-state index contributed by atoms with van der Waals surface area (Å²) in [6.45, 7) is 3.12. The SMILES string of the molecule is COc1ccc(OC)c([C@H](C)NCCCc2ccccc2)c1. The Morgan fingerprint density at radius 3 is 2.45 bits per heavy atom. The molecule has 0 bridgehead atoms. The lowest BCUT2D eigenvalue weighted by Crippen LogP contribution is -2.21. The maximum absolute atomic E-state index is 5.45. The van der Waals surface area contributed by atoms with E-state index < -0.39 is 0 Å². The quantitative estimate of drug-likeness (QED) is 0.748. The van der Waals surface area contributed by atoms with Crippen molar-refractivity contribution in [2.24, 2.45) is 0 Å². The highest BCUT2D eigenvalue weighted by molar-refractivity contribution is 5.42. The fourth-order valence-corrected chi connectivity index (χ4v) is 2.54. The molecule has 0 aliphatic rings. The highest BCUT2D eigenvalue weighted by Gasteiger charge is 2.12. The van der Waals surface area contributed by atoms with Gasteiger partial charge in [-0.05, 0) is 50.1 Å². The molecule has 0 aliphatic heterocycles. The Hall–Kier alpha value is -2.00. The summed E-state index contributed by atoms with van der Waals surface area (Å²) in [5, 5.41) is 3.56. The molecular weight excluding hydrogens is 274 g/mol. The van der Waals surface area contributed by atoms with Crippen molar-refractivity contribution in [3.8, 4) is 11.5 Å². The minimum absolute atomic E-state index is 0.223. The molecule has 0 spiro atoms. The van der Waals surface area contributed by atoms with Crippen LogP contribution in [0.4, 0.5) is 0 Å². The van der Waals surface area contributed by atoms with E-state index in [1.807, 2.05) is 18.2 Å². The maximum atomic E-state index is 5.45. The van der Waals surface area contributed by atoms with Crippen molar-refractivity contribution < 1.29 is 9.47 Å². The van der Waals surface area contributed by atoms with Crippen LogP contribution in [-0.2, 0) is 6.42 Å². The second-order valence-electron chi connectivity index (χ2n) is 5.37. The number of ether oxygens (including phenoxy) is 2. The smallest absolute Gasteiger partial charge is 0.123 e. The summed E-state index contributed by atoms with van der Waals surface area (Å²) in [6, 6.07) is 16.7. The first kappa shape index (κ1) is 16.4. The van der Waals surface area contributed by atoms with Gasteiger partial charge in [0.05, 0.1) is 14.2 Å². The number of aryl methyl sites for hydroxylation is 1. The molecular formula is C19H25NO2. The molecule has 0 aliphatic carbocycles. The van der Waals surface area contributed by atoms with Crippen LogP contribution >= 0.6 is 0 Å². The summed E-state index contributed by atoms with van der Waals surface area (Å²) in [5.74, 6) is 1.75. The number of nitrogens with one attached hydrogen (secondary N) is 1. The first-order chi connectivity index (χ1) is 10.7. The Morgan fingerprint density at radius 1 is 1.00 bits per heavy atom. The number of benzene rings is 2. The third-order valence-electron chi connectivity index (χ3n) is 3.84. The molecule has 0 fully saturated rings. The Kier molecular flexibility index (Phi) is 6.28. The Morgan fingerprint density at radius 2 is 1.77 bits per heavy atom. The van der Waals surface area contributed by atoms with E-state index in [1.54, 1.807) is 14.2 Å². The zero-order chi connectivity index (χ0) is 15.8. The van der Waals surface area contributed by atoms with Gasteiger partial charge in [0.25, 0.3) is 0 Å². The second kappa shape index (κ2) is 8.44. The lowest BCUT2D eigenvalue weighted by Gasteiger charge is -2.18. The normalized spacial score (nSPS) is 12.0. The van der Waals surface area contributed by atoms with Crippen LogP contribution in [0.3, 0.4) is 0 Å². The van der Waals surface area contributed by atoms with Crippen molar-refractivity contribution in [2.45, 2.75) is 25.8 Å². The molecule has 118 valence electrons. The number of methoxy groups -OCH3 is 2. The van der Waals surface area contributed by atoms with E-state index in [4.69, 9.17) is 9.47 Å². The molecule has 22 heavy (non-hydrogen) atoms. The summed E-state index contributed by atoms with van der Waals surface area (Å²) in [5.41, 5.74) is 2.51. The molecule has 0 aromatic heterocycles. The van der Waals surface area contributed by atoms with Gasteiger partial charge in [0.2, 0.25) is 0 Å². The minimum Gasteiger partial charge on any atom is -0.497 e. The minimum atomic E-state index is 0.223. The maximum Gasteiger partial charge on any atom is 0.123 e. The first-order valence-electron chi connectivity index (χ1n) is 7.74. The molecule has 3 heteroatoms. The highest BCUT2D eigenvalue weighted by atomic mass is 16.5. The topological polar surface area (TPSA) is 30.5 Å². The molecule has 0 unspecified atom stereocenters. The largest absolute Gasteiger partial charge is 0.497 e. The predicted octanol–water partition coefficient (Wildman–Crippen LogP) is 3.99. The molecule has 2 aromatic carbocycles. The van der Waals surface area contributed by atoms with Crippen LogP contribution in [0, 0.1) is 0 Å². The van der Waals surface area contributed by atoms with Crippen LogP contribution in [0.1, 0.15) is 30.5 Å². The van der Waals surface area contributed by atoms with E-state index in [-0.39, 0.29) is 6.04 Å². The molecule has 0 saturated heterocycles. The lowest BCUT2D eigenvalue weighted by atomic mass is 10.1. The summed E-state index contributed by atoms with van der Waals surface area (Å²) in [6.07, 6.45) is 2.20. The van der Waals surface area contributed by atoms with Gasteiger partial charge in [-0.25, -0.2) is 0 Å². The average Bonchev–Trinajstić information content (AvgIpc) is 2.58. The van der Waals surface area contributed by atoms with Crippen molar-refractivity contribution in [1.82, 2.24) is 5.32 Å². The van der Waals surface area contributed by atoms with E-state index >= 15 is 0 Å². The van der Waals surface area contributed by atoms with Crippen LogP contribution in [0.5, 0.6) is 11.5 Å². The van der Waals surface area contributed by atoms with E-state index in [2.05, 4.69) is 42.6 Å². The summed E-state index contributed by atoms with van der Waals surface area (Å²) in [7, 11) is 3.39. The molecule has 3 nitrogen and oxygen atoms in total. The summed E-state index contributed by atoms with van der Waals surface area (Å²) in [4.78, 5) is 0. The van der Waals surface area contributed by atoms with Gasteiger partial charge in [-0.15, -0.1) is 0 Å². The van der Waals surface area contributed by atoms with Crippen LogP contribution in [0.15, 0.2) is 48.5 Å². The van der Waals surface area contributed by atoms with Gasteiger partial charge >= 0.3 is 0 Å². The predicted molar refractivity (Wildman–Crippen MR) is 90.7 cm³/mol. The van der Waals surface area contributed by atoms with Crippen molar-refractivity contribution in [1.29, 1.82) is 0 Å². The van der Waals surface area contributed by atoms with Gasteiger partial charge in [0, 0.05) is 11.6 Å².